The average Bonchev–Trinajstić information content (AvgIpc) is 2.77. The van der Waals surface area contributed by atoms with Crippen LogP contribution in [0.5, 0.6) is 0 Å². The van der Waals surface area contributed by atoms with Gasteiger partial charge in [0.2, 0.25) is 5.91 Å². The van der Waals surface area contributed by atoms with Crippen LogP contribution >= 0.6 is 0 Å². The average molecular weight is 291 g/mol. The van der Waals surface area contributed by atoms with Crippen molar-refractivity contribution in [1.29, 1.82) is 0 Å². The Morgan fingerprint density at radius 2 is 2.05 bits per heavy atom. The summed E-state index contributed by atoms with van der Waals surface area (Å²) >= 11 is 0. The van der Waals surface area contributed by atoms with Gasteiger partial charge in [0.05, 0.1) is 12.6 Å². The van der Waals surface area contributed by atoms with Gasteiger partial charge in [-0.25, -0.2) is 8.78 Å². The van der Waals surface area contributed by atoms with Crippen molar-refractivity contribution in [2.24, 2.45) is 0 Å². The molecule has 20 heavy (non-hydrogen) atoms. The van der Waals surface area contributed by atoms with Crippen molar-refractivity contribution in [3.05, 3.63) is 0 Å². The lowest BCUT2D eigenvalue weighted by Gasteiger charge is -2.43. The minimum absolute atomic E-state index is 0.144. The number of nitrogens with zero attached hydrogens (tertiary/aromatic N) is 1. The lowest BCUT2D eigenvalue weighted by Crippen LogP contribution is -2.57. The first kappa shape index (κ1) is 15.6. The normalized spacial score (nSPS) is 28.6. The molecule has 116 valence electrons. The molecule has 2 fully saturated rings. The standard InChI is InChI=1S/C13H23F2N3O2/c1-18(2)12(3-5-20-6-4-12)8-17-11(19)10-7-13(14,15)9-16-10/h10,16H,3-9H2,1-2H3,(H,17,19). The molecule has 0 aromatic heterocycles. The van der Waals surface area contributed by atoms with Crippen LogP contribution in [0.1, 0.15) is 19.3 Å². The van der Waals surface area contributed by atoms with Gasteiger partial charge < -0.3 is 15.0 Å². The first-order valence-electron chi connectivity index (χ1n) is 6.99. The van der Waals surface area contributed by atoms with E-state index in [1.54, 1.807) is 0 Å². The van der Waals surface area contributed by atoms with Gasteiger partial charge >= 0.3 is 0 Å². The van der Waals surface area contributed by atoms with Gasteiger partial charge in [-0.15, -0.1) is 0 Å². The second-order valence-corrected chi connectivity index (χ2v) is 5.94. The lowest BCUT2D eigenvalue weighted by atomic mass is 9.88. The molecule has 2 N–H and O–H groups in total. The highest BCUT2D eigenvalue weighted by Crippen LogP contribution is 2.27. The Balaban J connectivity index is 1.88. The summed E-state index contributed by atoms with van der Waals surface area (Å²) in [6.45, 7) is 1.37. The maximum absolute atomic E-state index is 13.1. The predicted octanol–water partition coefficient (Wildman–Crippen LogP) is 0.211. The molecule has 0 aliphatic carbocycles. The van der Waals surface area contributed by atoms with E-state index in [-0.39, 0.29) is 11.4 Å². The van der Waals surface area contributed by atoms with Gasteiger partial charge in [0.1, 0.15) is 0 Å². The van der Waals surface area contributed by atoms with Gasteiger partial charge in [-0.05, 0) is 26.9 Å². The Hall–Kier alpha value is -0.790. The highest BCUT2D eigenvalue weighted by atomic mass is 19.3. The van der Waals surface area contributed by atoms with Crippen molar-refractivity contribution < 1.29 is 18.3 Å². The lowest BCUT2D eigenvalue weighted by molar-refractivity contribution is -0.124. The number of halogens is 2. The van der Waals surface area contributed by atoms with Crippen molar-refractivity contribution >= 4 is 5.91 Å². The summed E-state index contributed by atoms with van der Waals surface area (Å²) in [4.78, 5) is 14.1. The van der Waals surface area contributed by atoms with Crippen LogP contribution in [-0.4, -0.2) is 68.7 Å². The zero-order valence-electron chi connectivity index (χ0n) is 12.0. The van der Waals surface area contributed by atoms with Crippen molar-refractivity contribution in [3.63, 3.8) is 0 Å². The van der Waals surface area contributed by atoms with Crippen molar-refractivity contribution in [2.45, 2.75) is 36.8 Å². The number of rotatable bonds is 4. The van der Waals surface area contributed by atoms with E-state index in [1.807, 2.05) is 14.1 Å². The van der Waals surface area contributed by atoms with Crippen LogP contribution in [0.15, 0.2) is 0 Å². The van der Waals surface area contributed by atoms with Gasteiger partial charge in [0.25, 0.3) is 5.92 Å². The molecule has 7 heteroatoms. The Bertz CT molecular complexity index is 358. The SMILES string of the molecule is CN(C)C1(CNC(=O)C2CC(F)(F)CN2)CCOCC1. The van der Waals surface area contributed by atoms with Crippen LogP contribution in [0.3, 0.4) is 0 Å². The zero-order chi connectivity index (χ0) is 14.8. The van der Waals surface area contributed by atoms with Crippen LogP contribution in [0, 0.1) is 0 Å². The number of carbonyl (C=O) groups is 1. The summed E-state index contributed by atoms with van der Waals surface area (Å²) in [5, 5.41) is 5.40. The zero-order valence-corrected chi connectivity index (χ0v) is 12.0. The minimum atomic E-state index is -2.78. The maximum atomic E-state index is 13.1. The molecule has 0 spiro atoms. The molecule has 2 saturated heterocycles. The third kappa shape index (κ3) is 3.45. The van der Waals surface area contributed by atoms with E-state index in [1.165, 1.54) is 0 Å². The molecule has 0 aromatic rings. The van der Waals surface area contributed by atoms with E-state index in [9.17, 15) is 13.6 Å². The molecule has 2 rings (SSSR count). The molecule has 0 radical (unpaired) electrons. The Labute approximate surface area is 118 Å². The highest BCUT2D eigenvalue weighted by Gasteiger charge is 2.43. The number of carbonyl (C=O) groups excluding carboxylic acids is 1. The first-order valence-corrected chi connectivity index (χ1v) is 6.99. The van der Waals surface area contributed by atoms with Gasteiger partial charge in [-0.1, -0.05) is 0 Å². The van der Waals surface area contributed by atoms with E-state index in [2.05, 4.69) is 15.5 Å². The molecular formula is C13H23F2N3O2. The molecule has 0 aromatic carbocycles. The molecular weight excluding hydrogens is 268 g/mol. The summed E-state index contributed by atoms with van der Waals surface area (Å²) in [5.41, 5.74) is -0.144. The number of amides is 1. The molecule has 0 bridgehead atoms. The number of likely N-dealkylation sites (N-methyl/N-ethyl adjacent to an activating group) is 1. The Morgan fingerprint density at radius 1 is 1.40 bits per heavy atom. The molecule has 1 amide bonds. The van der Waals surface area contributed by atoms with Crippen molar-refractivity contribution in [1.82, 2.24) is 15.5 Å². The predicted molar refractivity (Wildman–Crippen MR) is 70.8 cm³/mol. The summed E-state index contributed by atoms with van der Waals surface area (Å²) in [7, 11) is 3.94. The van der Waals surface area contributed by atoms with E-state index >= 15 is 0 Å². The maximum Gasteiger partial charge on any atom is 0.262 e. The first-order chi connectivity index (χ1) is 9.35. The van der Waals surface area contributed by atoms with E-state index < -0.39 is 24.9 Å². The molecule has 2 aliphatic heterocycles. The number of alkyl halides is 2. The smallest absolute Gasteiger partial charge is 0.262 e. The van der Waals surface area contributed by atoms with Gasteiger partial charge in [0, 0.05) is 31.7 Å². The monoisotopic (exact) mass is 291 g/mol. The fourth-order valence-electron chi connectivity index (χ4n) is 2.81. The topological polar surface area (TPSA) is 53.6 Å². The van der Waals surface area contributed by atoms with E-state index in [4.69, 9.17) is 4.74 Å². The number of ether oxygens (including phenoxy) is 1. The van der Waals surface area contributed by atoms with Crippen LogP contribution < -0.4 is 10.6 Å². The number of hydrogen-bond donors (Lipinski definition) is 2. The van der Waals surface area contributed by atoms with Gasteiger partial charge in [-0.2, -0.15) is 0 Å². The third-order valence-corrected chi connectivity index (χ3v) is 4.39. The number of hydrogen-bond acceptors (Lipinski definition) is 4. The Morgan fingerprint density at radius 3 is 2.55 bits per heavy atom. The number of nitrogens with one attached hydrogen (secondary N) is 2. The summed E-state index contributed by atoms with van der Waals surface area (Å²) in [6.07, 6.45) is 1.24. The fourth-order valence-corrected chi connectivity index (χ4v) is 2.81. The van der Waals surface area contributed by atoms with E-state index in [0.29, 0.717) is 19.8 Å². The van der Waals surface area contributed by atoms with Crippen LogP contribution in [0.25, 0.3) is 0 Å². The summed E-state index contributed by atoms with van der Waals surface area (Å²) in [6, 6.07) is -0.788. The van der Waals surface area contributed by atoms with Crippen LogP contribution in [0.4, 0.5) is 8.78 Å². The highest BCUT2D eigenvalue weighted by molar-refractivity contribution is 5.82. The Kier molecular flexibility index (Phi) is 4.61. The van der Waals surface area contributed by atoms with Gasteiger partial charge in [0.15, 0.2) is 0 Å². The second kappa shape index (κ2) is 5.91. The van der Waals surface area contributed by atoms with Crippen molar-refractivity contribution in [3.8, 4) is 0 Å². The minimum Gasteiger partial charge on any atom is -0.381 e. The van der Waals surface area contributed by atoms with Crippen molar-refractivity contribution in [2.75, 3.05) is 40.4 Å². The second-order valence-electron chi connectivity index (χ2n) is 5.94. The third-order valence-electron chi connectivity index (χ3n) is 4.39. The fraction of sp³-hybridized carbons (Fsp3) is 0.923. The van der Waals surface area contributed by atoms with Crippen LogP contribution in [-0.2, 0) is 9.53 Å². The summed E-state index contributed by atoms with van der Waals surface area (Å²) in [5.74, 6) is -3.12. The molecule has 2 heterocycles. The molecule has 2 aliphatic rings. The largest absolute Gasteiger partial charge is 0.381 e. The quantitative estimate of drug-likeness (QED) is 0.777. The molecule has 0 saturated carbocycles. The van der Waals surface area contributed by atoms with E-state index in [0.717, 1.165) is 12.8 Å². The molecule has 5 nitrogen and oxygen atoms in total. The summed E-state index contributed by atoms with van der Waals surface area (Å²) < 4.78 is 31.5. The molecule has 1 unspecified atom stereocenters. The molecule has 1 atom stereocenters. The van der Waals surface area contributed by atoms with Crippen LogP contribution in [0.2, 0.25) is 0 Å². The van der Waals surface area contributed by atoms with Gasteiger partial charge in [-0.3, -0.25) is 10.1 Å².